The van der Waals surface area contributed by atoms with E-state index in [2.05, 4.69) is 35.1 Å². The van der Waals surface area contributed by atoms with E-state index in [1.807, 2.05) is 58.6 Å². The normalized spacial score (nSPS) is 14.1. The molecular formula is C25H24N4O2S. The van der Waals surface area contributed by atoms with Gasteiger partial charge in [-0.15, -0.1) is 11.8 Å². The zero-order valence-corrected chi connectivity index (χ0v) is 18.9. The van der Waals surface area contributed by atoms with Gasteiger partial charge in [0, 0.05) is 53.1 Å². The number of aryl methyl sites for hydroxylation is 1. The molecule has 0 atom stereocenters. The molecule has 2 aromatic heterocycles. The minimum Gasteiger partial charge on any atom is -0.378 e. The molecule has 1 aliphatic heterocycles. The van der Waals surface area contributed by atoms with E-state index in [-0.39, 0.29) is 5.91 Å². The number of aromatic nitrogens is 3. The number of ether oxygens (including phenoxy) is 1. The van der Waals surface area contributed by atoms with Crippen molar-refractivity contribution in [3.05, 3.63) is 72.2 Å². The van der Waals surface area contributed by atoms with Gasteiger partial charge in [0.25, 0.3) is 5.91 Å². The number of carbonyl (C=O) groups is 1. The van der Waals surface area contributed by atoms with Crippen molar-refractivity contribution in [3.63, 3.8) is 0 Å². The largest absolute Gasteiger partial charge is 0.378 e. The summed E-state index contributed by atoms with van der Waals surface area (Å²) >= 11 is 1.67. The van der Waals surface area contributed by atoms with Gasteiger partial charge in [0.1, 0.15) is 0 Å². The van der Waals surface area contributed by atoms with Crippen LogP contribution in [0.2, 0.25) is 0 Å². The molecule has 1 fully saturated rings. The highest BCUT2D eigenvalue weighted by atomic mass is 32.2. The fourth-order valence-electron chi connectivity index (χ4n) is 4.03. The van der Waals surface area contributed by atoms with Gasteiger partial charge in [-0.25, -0.2) is 9.97 Å². The highest BCUT2D eigenvalue weighted by Crippen LogP contribution is 2.31. The molecular weight excluding hydrogens is 420 g/mol. The van der Waals surface area contributed by atoms with Crippen molar-refractivity contribution < 1.29 is 9.53 Å². The van der Waals surface area contributed by atoms with Gasteiger partial charge in [-0.05, 0) is 30.9 Å². The van der Waals surface area contributed by atoms with Crippen LogP contribution < -0.4 is 0 Å². The Labute approximate surface area is 191 Å². The van der Waals surface area contributed by atoms with Gasteiger partial charge in [0.15, 0.2) is 0 Å². The highest BCUT2D eigenvalue weighted by Gasteiger charge is 2.20. The van der Waals surface area contributed by atoms with Gasteiger partial charge in [0.2, 0.25) is 5.95 Å². The summed E-state index contributed by atoms with van der Waals surface area (Å²) in [5.41, 5.74) is 4.86. The number of carbonyl (C=O) groups excluding carboxylic acids is 1. The molecule has 0 radical (unpaired) electrons. The summed E-state index contributed by atoms with van der Waals surface area (Å²) in [7, 11) is 0. The summed E-state index contributed by atoms with van der Waals surface area (Å²) in [5.74, 6) is 0.618. The standard InChI is InChI=1S/C25H24N4O2S/c1-17-4-3-5-18(12-17)20-14-26-25(27-15-20)29-16-23(32-2)21-7-6-19(13-22(21)29)24(30)28-8-10-31-11-9-28/h3-7,12-16H,8-11H2,1-2H3. The Morgan fingerprint density at radius 2 is 1.81 bits per heavy atom. The van der Waals surface area contributed by atoms with E-state index in [0.29, 0.717) is 37.8 Å². The van der Waals surface area contributed by atoms with Crippen molar-refractivity contribution in [2.45, 2.75) is 11.8 Å². The SMILES string of the molecule is CSc1cn(-c2ncc(-c3cccc(C)c3)cn2)c2cc(C(=O)N3CCOCC3)ccc12. The van der Waals surface area contributed by atoms with Gasteiger partial charge in [-0.3, -0.25) is 9.36 Å². The van der Waals surface area contributed by atoms with Crippen molar-refractivity contribution in [2.24, 2.45) is 0 Å². The number of fused-ring (bicyclic) bond motifs is 1. The number of nitrogens with zero attached hydrogens (tertiary/aromatic N) is 4. The third kappa shape index (κ3) is 3.89. The molecule has 6 nitrogen and oxygen atoms in total. The molecule has 1 amide bonds. The molecule has 0 unspecified atom stereocenters. The van der Waals surface area contributed by atoms with E-state index in [4.69, 9.17) is 4.74 Å². The van der Waals surface area contributed by atoms with Crippen molar-refractivity contribution >= 4 is 28.6 Å². The Morgan fingerprint density at radius 1 is 1.03 bits per heavy atom. The minimum atomic E-state index is 0.0318. The second kappa shape index (κ2) is 8.76. The zero-order chi connectivity index (χ0) is 22.1. The van der Waals surface area contributed by atoms with E-state index >= 15 is 0 Å². The first kappa shape index (κ1) is 20.7. The van der Waals surface area contributed by atoms with Crippen LogP contribution in [0.1, 0.15) is 15.9 Å². The monoisotopic (exact) mass is 444 g/mol. The van der Waals surface area contributed by atoms with Crippen LogP contribution in [0.3, 0.4) is 0 Å². The van der Waals surface area contributed by atoms with Crippen LogP contribution in [0, 0.1) is 6.92 Å². The number of benzene rings is 2. The van der Waals surface area contributed by atoms with Crippen LogP contribution in [0.5, 0.6) is 0 Å². The summed E-state index contributed by atoms with van der Waals surface area (Å²) in [5, 5.41) is 1.09. The molecule has 4 aromatic rings. The number of morpholine rings is 1. The Hall–Kier alpha value is -3.16. The number of rotatable bonds is 4. The van der Waals surface area contributed by atoms with Gasteiger partial charge in [0.05, 0.1) is 18.7 Å². The fraction of sp³-hybridized carbons (Fsp3) is 0.240. The Bertz CT molecular complexity index is 1280. The van der Waals surface area contributed by atoms with Crippen molar-refractivity contribution in [3.8, 4) is 17.1 Å². The summed E-state index contributed by atoms with van der Waals surface area (Å²) in [6.07, 6.45) is 7.79. The molecule has 162 valence electrons. The van der Waals surface area contributed by atoms with Crippen LogP contribution in [0.25, 0.3) is 28.0 Å². The quantitative estimate of drug-likeness (QED) is 0.431. The molecule has 0 aliphatic carbocycles. The average molecular weight is 445 g/mol. The Kier molecular flexibility index (Phi) is 5.68. The van der Waals surface area contributed by atoms with Gasteiger partial charge in [-0.2, -0.15) is 0 Å². The first-order valence-corrected chi connectivity index (χ1v) is 11.8. The molecule has 7 heteroatoms. The molecule has 1 saturated heterocycles. The fourth-order valence-corrected chi connectivity index (χ4v) is 4.63. The van der Waals surface area contributed by atoms with Crippen molar-refractivity contribution in [2.75, 3.05) is 32.6 Å². The summed E-state index contributed by atoms with van der Waals surface area (Å²) < 4.78 is 7.35. The first-order valence-electron chi connectivity index (χ1n) is 10.6. The lowest BCUT2D eigenvalue weighted by atomic mass is 10.1. The van der Waals surface area contributed by atoms with E-state index < -0.39 is 0 Å². The van der Waals surface area contributed by atoms with E-state index in [0.717, 1.165) is 26.9 Å². The predicted molar refractivity (Wildman–Crippen MR) is 128 cm³/mol. The minimum absolute atomic E-state index is 0.0318. The van der Waals surface area contributed by atoms with E-state index in [1.54, 1.807) is 11.8 Å². The van der Waals surface area contributed by atoms with E-state index in [9.17, 15) is 4.79 Å². The molecule has 2 aromatic carbocycles. The lowest BCUT2D eigenvalue weighted by Crippen LogP contribution is -2.40. The number of hydrogen-bond donors (Lipinski definition) is 0. The molecule has 32 heavy (non-hydrogen) atoms. The summed E-state index contributed by atoms with van der Waals surface area (Å²) in [6, 6.07) is 14.2. The maximum atomic E-state index is 13.0. The predicted octanol–water partition coefficient (Wildman–Crippen LogP) is 4.59. The maximum absolute atomic E-state index is 13.0. The summed E-state index contributed by atoms with van der Waals surface area (Å²) in [4.78, 5) is 25.3. The molecule has 0 bridgehead atoms. The highest BCUT2D eigenvalue weighted by molar-refractivity contribution is 7.98. The van der Waals surface area contributed by atoms with Crippen LogP contribution in [-0.2, 0) is 4.74 Å². The number of hydrogen-bond acceptors (Lipinski definition) is 5. The van der Waals surface area contributed by atoms with Crippen LogP contribution in [-0.4, -0.2) is 57.9 Å². The molecule has 0 N–H and O–H groups in total. The molecule has 1 aliphatic rings. The van der Waals surface area contributed by atoms with Gasteiger partial charge < -0.3 is 9.64 Å². The summed E-state index contributed by atoms with van der Waals surface area (Å²) in [6.45, 7) is 4.49. The average Bonchev–Trinajstić information content (AvgIpc) is 3.22. The molecule has 0 saturated carbocycles. The lowest BCUT2D eigenvalue weighted by Gasteiger charge is -2.26. The maximum Gasteiger partial charge on any atom is 0.254 e. The Balaban J connectivity index is 1.53. The zero-order valence-electron chi connectivity index (χ0n) is 18.1. The van der Waals surface area contributed by atoms with Crippen molar-refractivity contribution in [1.82, 2.24) is 19.4 Å². The molecule has 0 spiro atoms. The lowest BCUT2D eigenvalue weighted by molar-refractivity contribution is 0.0303. The van der Waals surface area contributed by atoms with Crippen LogP contribution in [0.15, 0.2) is 66.0 Å². The van der Waals surface area contributed by atoms with Crippen LogP contribution in [0.4, 0.5) is 0 Å². The smallest absolute Gasteiger partial charge is 0.254 e. The third-order valence-corrected chi connectivity index (χ3v) is 6.50. The first-order chi connectivity index (χ1) is 15.6. The molecule has 5 rings (SSSR count). The molecule has 3 heterocycles. The van der Waals surface area contributed by atoms with Gasteiger partial charge >= 0.3 is 0 Å². The van der Waals surface area contributed by atoms with Crippen molar-refractivity contribution in [1.29, 1.82) is 0 Å². The second-order valence-electron chi connectivity index (χ2n) is 7.85. The third-order valence-electron chi connectivity index (χ3n) is 5.74. The Morgan fingerprint density at radius 3 is 2.53 bits per heavy atom. The van der Waals surface area contributed by atoms with Crippen LogP contribution >= 0.6 is 11.8 Å². The van der Waals surface area contributed by atoms with Gasteiger partial charge in [-0.1, -0.05) is 35.9 Å². The topological polar surface area (TPSA) is 60.2 Å². The number of thioether (sulfide) groups is 1. The van der Waals surface area contributed by atoms with E-state index in [1.165, 1.54) is 5.56 Å². The number of amides is 1. The second-order valence-corrected chi connectivity index (χ2v) is 8.69.